The van der Waals surface area contributed by atoms with Crippen molar-refractivity contribution in [2.75, 3.05) is 11.6 Å². The average Bonchev–Trinajstić information content (AvgIpc) is 3.38. The Morgan fingerprint density at radius 3 is 2.48 bits per heavy atom. The molecule has 1 saturated carbocycles. The van der Waals surface area contributed by atoms with Gasteiger partial charge in [-0.05, 0) is 51.0 Å². The highest BCUT2D eigenvalue weighted by Crippen LogP contribution is 2.34. The Hall–Kier alpha value is -2.21. The lowest BCUT2D eigenvalue weighted by Crippen LogP contribution is -2.48. The van der Waals surface area contributed by atoms with E-state index in [9.17, 15) is 9.18 Å². The molecular weight excluding hydrogens is 295 g/mol. The molecule has 1 aromatic carbocycles. The zero-order valence-corrected chi connectivity index (χ0v) is 13.3. The molecule has 1 fully saturated rings. The van der Waals surface area contributed by atoms with Crippen LogP contribution in [0.4, 0.5) is 16.0 Å². The number of benzene rings is 1. The van der Waals surface area contributed by atoms with Gasteiger partial charge in [-0.25, -0.2) is 9.37 Å². The lowest BCUT2D eigenvalue weighted by Gasteiger charge is -2.38. The number of hydrogen-bond donors (Lipinski definition) is 0. The van der Waals surface area contributed by atoms with Gasteiger partial charge in [-0.2, -0.15) is 0 Å². The molecule has 0 N–H and O–H groups in total. The van der Waals surface area contributed by atoms with Crippen LogP contribution in [0.5, 0.6) is 0 Å². The molecule has 0 spiro atoms. The normalized spacial score (nSPS) is 18.1. The highest BCUT2D eigenvalue weighted by atomic mass is 19.1. The van der Waals surface area contributed by atoms with Crippen LogP contribution in [-0.4, -0.2) is 27.2 Å². The summed E-state index contributed by atoms with van der Waals surface area (Å²) >= 11 is 0. The number of aryl methyl sites for hydroxylation is 1. The summed E-state index contributed by atoms with van der Waals surface area (Å²) in [6.07, 6.45) is 2.33. The molecule has 2 aliphatic rings. The molecule has 0 amide bonds. The lowest BCUT2D eigenvalue weighted by molar-refractivity contribution is 0.188. The third-order valence-electron chi connectivity index (χ3n) is 4.71. The Labute approximate surface area is 134 Å². The van der Waals surface area contributed by atoms with E-state index in [2.05, 4.69) is 9.88 Å². The highest BCUT2D eigenvalue weighted by molar-refractivity contribution is 5.58. The molecule has 1 aromatic heterocycles. The molecule has 5 nitrogen and oxygen atoms in total. The fourth-order valence-corrected chi connectivity index (χ4v) is 3.04. The van der Waals surface area contributed by atoms with Crippen molar-refractivity contribution in [1.29, 1.82) is 0 Å². The Kier molecular flexibility index (Phi) is 3.23. The van der Waals surface area contributed by atoms with Crippen LogP contribution >= 0.6 is 0 Å². The van der Waals surface area contributed by atoms with Gasteiger partial charge in [-0.1, -0.05) is 0 Å². The van der Waals surface area contributed by atoms with E-state index in [0.717, 1.165) is 11.4 Å². The predicted octanol–water partition coefficient (Wildman–Crippen LogP) is 2.53. The first-order valence-electron chi connectivity index (χ1n) is 7.90. The largest absolute Gasteiger partial charge is 0.298 e. The van der Waals surface area contributed by atoms with Crippen molar-refractivity contribution in [3.8, 4) is 0 Å². The number of fused-ring (bicyclic) bond motifs is 1. The predicted molar refractivity (Wildman–Crippen MR) is 86.2 cm³/mol. The first-order valence-corrected chi connectivity index (χ1v) is 7.90. The second kappa shape index (κ2) is 5.16. The molecule has 2 aromatic rings. The van der Waals surface area contributed by atoms with E-state index in [1.807, 2.05) is 18.7 Å². The van der Waals surface area contributed by atoms with Crippen molar-refractivity contribution < 1.29 is 4.39 Å². The van der Waals surface area contributed by atoms with Gasteiger partial charge in [0.15, 0.2) is 0 Å². The average molecular weight is 314 g/mol. The van der Waals surface area contributed by atoms with E-state index in [1.54, 1.807) is 16.7 Å². The quantitative estimate of drug-likeness (QED) is 0.854. The van der Waals surface area contributed by atoms with Crippen molar-refractivity contribution in [2.45, 2.75) is 39.4 Å². The summed E-state index contributed by atoms with van der Waals surface area (Å²) in [5.41, 5.74) is 2.28. The zero-order valence-electron chi connectivity index (χ0n) is 13.3. The third kappa shape index (κ3) is 2.43. The van der Waals surface area contributed by atoms with Gasteiger partial charge in [0.2, 0.25) is 5.95 Å². The van der Waals surface area contributed by atoms with Gasteiger partial charge in [0.05, 0.1) is 13.3 Å². The van der Waals surface area contributed by atoms with Crippen molar-refractivity contribution in [3.05, 3.63) is 51.7 Å². The molecule has 0 atom stereocenters. The molecule has 0 bridgehead atoms. The molecule has 120 valence electrons. The number of aromatic nitrogens is 2. The van der Waals surface area contributed by atoms with Gasteiger partial charge < -0.3 is 0 Å². The number of rotatable bonds is 2. The molecule has 1 aliphatic carbocycles. The maximum Gasteiger partial charge on any atom is 0.259 e. The Bertz CT molecular complexity index is 811. The minimum Gasteiger partial charge on any atom is -0.298 e. The molecule has 6 heteroatoms. The maximum absolute atomic E-state index is 13.2. The van der Waals surface area contributed by atoms with Gasteiger partial charge >= 0.3 is 0 Å². The standard InChI is InChI=1S/C17H19FN4O/c1-11-12(2)19-17-21(15-5-3-13(18)4-6-15)9-20(14-7-8-14)10-22(17)16(11)23/h3-6,14H,7-10H2,1-2H3. The summed E-state index contributed by atoms with van der Waals surface area (Å²) in [5, 5.41) is 0. The fourth-order valence-electron chi connectivity index (χ4n) is 3.04. The van der Waals surface area contributed by atoms with Crippen LogP contribution < -0.4 is 10.5 Å². The molecule has 0 saturated heterocycles. The summed E-state index contributed by atoms with van der Waals surface area (Å²) in [6, 6.07) is 6.87. The molecule has 23 heavy (non-hydrogen) atoms. The van der Waals surface area contributed by atoms with E-state index >= 15 is 0 Å². The van der Waals surface area contributed by atoms with Crippen LogP contribution in [0.3, 0.4) is 0 Å². The molecule has 2 heterocycles. The maximum atomic E-state index is 13.2. The van der Waals surface area contributed by atoms with Crippen molar-refractivity contribution in [1.82, 2.24) is 14.5 Å². The van der Waals surface area contributed by atoms with Crippen LogP contribution in [0, 0.1) is 19.7 Å². The summed E-state index contributed by atoms with van der Waals surface area (Å²) in [4.78, 5) is 21.6. The minimum absolute atomic E-state index is 0.00459. The molecule has 0 radical (unpaired) electrons. The molecular formula is C17H19FN4O. The highest BCUT2D eigenvalue weighted by Gasteiger charge is 2.35. The number of nitrogens with zero attached hydrogens (tertiary/aromatic N) is 4. The van der Waals surface area contributed by atoms with Gasteiger partial charge in [-0.3, -0.25) is 19.2 Å². The second-order valence-electron chi connectivity index (χ2n) is 6.36. The summed E-state index contributed by atoms with van der Waals surface area (Å²) in [7, 11) is 0. The number of hydrogen-bond acceptors (Lipinski definition) is 4. The summed E-state index contributed by atoms with van der Waals surface area (Å²) in [6.45, 7) is 4.92. The van der Waals surface area contributed by atoms with Crippen LogP contribution in [0.25, 0.3) is 0 Å². The van der Waals surface area contributed by atoms with E-state index in [0.29, 0.717) is 30.9 Å². The fraction of sp³-hybridized carbons (Fsp3) is 0.412. The Morgan fingerprint density at radius 2 is 1.83 bits per heavy atom. The SMILES string of the molecule is Cc1nc2n(c(=O)c1C)CN(C1CC1)CN2c1ccc(F)cc1. The molecule has 4 rings (SSSR count). The monoisotopic (exact) mass is 314 g/mol. The first-order chi connectivity index (χ1) is 11.0. The molecule has 0 unspecified atom stereocenters. The lowest BCUT2D eigenvalue weighted by atomic mass is 10.2. The van der Waals surface area contributed by atoms with Crippen molar-refractivity contribution in [2.24, 2.45) is 0 Å². The Morgan fingerprint density at radius 1 is 1.13 bits per heavy atom. The van der Waals surface area contributed by atoms with Crippen molar-refractivity contribution in [3.63, 3.8) is 0 Å². The summed E-state index contributed by atoms with van der Waals surface area (Å²) < 4.78 is 15.0. The van der Waals surface area contributed by atoms with Crippen LogP contribution in [0.15, 0.2) is 29.1 Å². The van der Waals surface area contributed by atoms with E-state index in [-0.39, 0.29) is 11.4 Å². The van der Waals surface area contributed by atoms with E-state index < -0.39 is 0 Å². The van der Waals surface area contributed by atoms with Crippen LogP contribution in [0.1, 0.15) is 24.1 Å². The zero-order chi connectivity index (χ0) is 16.1. The number of halogens is 1. The van der Waals surface area contributed by atoms with Gasteiger partial charge in [0.25, 0.3) is 5.56 Å². The minimum atomic E-state index is -0.268. The second-order valence-corrected chi connectivity index (χ2v) is 6.36. The number of anilines is 2. The van der Waals surface area contributed by atoms with E-state index in [1.165, 1.54) is 25.0 Å². The third-order valence-corrected chi connectivity index (χ3v) is 4.71. The van der Waals surface area contributed by atoms with E-state index in [4.69, 9.17) is 0 Å². The Balaban J connectivity index is 1.85. The summed E-state index contributed by atoms with van der Waals surface area (Å²) in [5.74, 6) is 0.372. The first kappa shape index (κ1) is 14.4. The van der Waals surface area contributed by atoms with Crippen LogP contribution in [-0.2, 0) is 6.67 Å². The van der Waals surface area contributed by atoms with Crippen molar-refractivity contribution >= 4 is 11.6 Å². The van der Waals surface area contributed by atoms with Crippen LogP contribution in [0.2, 0.25) is 0 Å². The van der Waals surface area contributed by atoms with Gasteiger partial charge in [-0.15, -0.1) is 0 Å². The van der Waals surface area contributed by atoms with Gasteiger partial charge in [0.1, 0.15) is 5.82 Å². The topological polar surface area (TPSA) is 41.4 Å². The smallest absolute Gasteiger partial charge is 0.259 e. The van der Waals surface area contributed by atoms with Gasteiger partial charge in [0, 0.05) is 23.0 Å². The molecule has 1 aliphatic heterocycles.